The molecule has 1 heterocycles. The number of rotatable bonds is 10. The summed E-state index contributed by atoms with van der Waals surface area (Å²) in [5.41, 5.74) is 0.678. The first kappa shape index (κ1) is 21.1. The predicted octanol–water partition coefficient (Wildman–Crippen LogP) is 3.09. The van der Waals surface area contributed by atoms with Gasteiger partial charge in [0.1, 0.15) is 5.69 Å². The van der Waals surface area contributed by atoms with Crippen molar-refractivity contribution in [2.45, 2.75) is 46.1 Å². The van der Waals surface area contributed by atoms with Crippen LogP contribution in [0.2, 0.25) is 0 Å². The second-order valence-electron chi connectivity index (χ2n) is 7.93. The Hall–Kier alpha value is -2.22. The summed E-state index contributed by atoms with van der Waals surface area (Å²) in [6, 6.07) is 0.202. The van der Waals surface area contributed by atoms with Gasteiger partial charge in [0.05, 0.1) is 6.67 Å². The monoisotopic (exact) mass is 376 g/mol. The molecule has 1 aromatic rings. The summed E-state index contributed by atoms with van der Waals surface area (Å²) in [6.07, 6.45) is 3.60. The van der Waals surface area contributed by atoms with Crippen LogP contribution in [0.5, 0.6) is 0 Å². The van der Waals surface area contributed by atoms with Gasteiger partial charge in [-0.05, 0) is 45.4 Å². The van der Waals surface area contributed by atoms with Crippen molar-refractivity contribution in [3.63, 3.8) is 0 Å². The highest BCUT2D eigenvalue weighted by Crippen LogP contribution is 2.36. The average Bonchev–Trinajstić information content (AvgIpc) is 2.50. The topological polar surface area (TPSA) is 93.9 Å². The maximum atomic E-state index is 11.5. The Morgan fingerprint density at radius 1 is 1.33 bits per heavy atom. The Bertz CT molecular complexity index is 674. The van der Waals surface area contributed by atoms with Crippen molar-refractivity contribution in [2.24, 2.45) is 16.8 Å². The number of hydrogen-bond donors (Lipinski definition) is 2. The van der Waals surface area contributed by atoms with Gasteiger partial charge in [-0.25, -0.2) is 19.8 Å². The molecule has 1 aromatic heterocycles. The molecule has 8 heteroatoms. The van der Waals surface area contributed by atoms with E-state index in [2.05, 4.69) is 52.7 Å². The van der Waals surface area contributed by atoms with Gasteiger partial charge in [-0.15, -0.1) is 0 Å². The third-order valence-electron chi connectivity index (χ3n) is 4.94. The Morgan fingerprint density at radius 3 is 2.48 bits per heavy atom. The van der Waals surface area contributed by atoms with Crippen molar-refractivity contribution in [3.05, 3.63) is 5.82 Å². The molecule has 1 aliphatic carbocycles. The smallest absolute Gasteiger partial charge is 0.374 e. The molecule has 2 rings (SSSR count). The Labute approximate surface area is 161 Å². The van der Waals surface area contributed by atoms with E-state index in [-0.39, 0.29) is 17.7 Å². The zero-order chi connectivity index (χ0) is 20.1. The van der Waals surface area contributed by atoms with E-state index in [1.54, 1.807) is 0 Å². The van der Waals surface area contributed by atoms with Crippen molar-refractivity contribution in [2.75, 3.05) is 37.5 Å². The molecule has 1 fully saturated rings. The lowest BCUT2D eigenvalue weighted by atomic mass is 9.80. The molecule has 0 aromatic carbocycles. The van der Waals surface area contributed by atoms with E-state index in [0.29, 0.717) is 30.0 Å². The van der Waals surface area contributed by atoms with Gasteiger partial charge in [0, 0.05) is 19.6 Å². The van der Waals surface area contributed by atoms with Gasteiger partial charge in [-0.2, -0.15) is 0 Å². The van der Waals surface area contributed by atoms with Crippen LogP contribution in [0, 0.1) is 11.8 Å². The van der Waals surface area contributed by atoms with Gasteiger partial charge >= 0.3 is 5.97 Å². The Morgan fingerprint density at radius 2 is 2.00 bits per heavy atom. The van der Waals surface area contributed by atoms with Crippen molar-refractivity contribution in [3.8, 4) is 0 Å². The molecule has 1 saturated carbocycles. The zero-order valence-corrected chi connectivity index (χ0v) is 17.1. The fraction of sp³-hybridized carbons (Fsp3) is 0.684. The van der Waals surface area contributed by atoms with Crippen molar-refractivity contribution < 1.29 is 9.90 Å². The summed E-state index contributed by atoms with van der Waals surface area (Å²) in [4.78, 5) is 28.0. The van der Waals surface area contributed by atoms with Crippen LogP contribution in [0.3, 0.4) is 0 Å². The summed E-state index contributed by atoms with van der Waals surface area (Å²) in [6.45, 7) is 11.6. The molecule has 0 saturated heterocycles. The number of anilines is 2. The van der Waals surface area contributed by atoms with E-state index in [4.69, 9.17) is 0 Å². The predicted molar refractivity (Wildman–Crippen MR) is 109 cm³/mol. The molecular weight excluding hydrogens is 344 g/mol. The standard InChI is InChI=1S/C19H32N6O2/c1-12(2)10-24(5)11-25(6)15-16(20-4)22-18(19(26)27)23-17(15)21-13(3)14-8-7-9-14/h12-14H,4,7-11H2,1-3,5-6H3,(H,26,27)(H,21,22,23)/t13-/m1/s1. The number of carbonyl (C=O) groups is 1. The van der Waals surface area contributed by atoms with Gasteiger partial charge < -0.3 is 15.3 Å². The minimum atomic E-state index is -1.18. The van der Waals surface area contributed by atoms with Crippen LogP contribution in [0.4, 0.5) is 17.3 Å². The molecule has 0 amide bonds. The Balaban J connectivity index is 2.35. The van der Waals surface area contributed by atoms with Gasteiger partial charge in [-0.1, -0.05) is 20.3 Å². The second kappa shape index (κ2) is 9.12. The number of carboxylic acid groups (broad SMARTS) is 1. The van der Waals surface area contributed by atoms with Gasteiger partial charge in [0.25, 0.3) is 0 Å². The van der Waals surface area contributed by atoms with E-state index in [0.717, 1.165) is 6.54 Å². The molecular formula is C19H32N6O2. The van der Waals surface area contributed by atoms with Gasteiger partial charge in [0.2, 0.25) is 5.82 Å². The molecule has 8 nitrogen and oxygen atoms in total. The van der Waals surface area contributed by atoms with Crippen molar-refractivity contribution in [1.29, 1.82) is 0 Å². The molecule has 1 atom stereocenters. The second-order valence-corrected chi connectivity index (χ2v) is 7.93. The number of aromatic carboxylic acids is 1. The number of hydrogen-bond acceptors (Lipinski definition) is 7. The van der Waals surface area contributed by atoms with Crippen LogP contribution in [-0.4, -0.2) is 66.0 Å². The molecule has 27 heavy (non-hydrogen) atoms. The molecule has 0 aliphatic heterocycles. The van der Waals surface area contributed by atoms with Crippen molar-refractivity contribution >= 4 is 30.0 Å². The van der Waals surface area contributed by atoms with E-state index < -0.39 is 5.97 Å². The van der Waals surface area contributed by atoms with Crippen LogP contribution in [-0.2, 0) is 0 Å². The lowest BCUT2D eigenvalue weighted by molar-refractivity contribution is 0.0683. The summed E-state index contributed by atoms with van der Waals surface area (Å²) < 4.78 is 0. The highest BCUT2D eigenvalue weighted by atomic mass is 16.4. The molecule has 1 aliphatic rings. The summed E-state index contributed by atoms with van der Waals surface area (Å²) in [7, 11) is 3.98. The summed E-state index contributed by atoms with van der Waals surface area (Å²) in [5, 5.41) is 12.8. The van der Waals surface area contributed by atoms with E-state index >= 15 is 0 Å². The average molecular weight is 377 g/mol. The fourth-order valence-electron chi connectivity index (χ4n) is 3.49. The van der Waals surface area contributed by atoms with Crippen LogP contribution in [0.25, 0.3) is 0 Å². The van der Waals surface area contributed by atoms with E-state index in [1.807, 2.05) is 19.0 Å². The van der Waals surface area contributed by atoms with Crippen LogP contribution >= 0.6 is 0 Å². The molecule has 0 radical (unpaired) electrons. The SMILES string of the molecule is C=Nc1nc(C(=O)O)nc(N[C@H](C)C2CCC2)c1N(C)CN(C)CC(C)C. The van der Waals surface area contributed by atoms with Gasteiger partial charge in [0.15, 0.2) is 11.6 Å². The number of nitrogens with zero attached hydrogens (tertiary/aromatic N) is 5. The normalized spacial score (nSPS) is 15.5. The summed E-state index contributed by atoms with van der Waals surface area (Å²) >= 11 is 0. The van der Waals surface area contributed by atoms with Gasteiger partial charge in [-0.3, -0.25) is 4.90 Å². The number of carboxylic acids is 1. The minimum absolute atomic E-state index is 0.202. The minimum Gasteiger partial charge on any atom is -0.475 e. The third-order valence-corrected chi connectivity index (χ3v) is 4.94. The molecule has 2 N–H and O–H groups in total. The number of nitrogens with one attached hydrogen (secondary N) is 1. The van der Waals surface area contributed by atoms with Crippen LogP contribution < -0.4 is 10.2 Å². The highest BCUT2D eigenvalue weighted by molar-refractivity contribution is 5.87. The highest BCUT2D eigenvalue weighted by Gasteiger charge is 2.27. The molecule has 150 valence electrons. The van der Waals surface area contributed by atoms with Crippen LogP contribution in [0.1, 0.15) is 50.7 Å². The lowest BCUT2D eigenvalue weighted by Gasteiger charge is -2.34. The maximum absolute atomic E-state index is 11.5. The fourth-order valence-corrected chi connectivity index (χ4v) is 3.49. The number of aliphatic imine (C=N–C) groups is 1. The molecule has 0 unspecified atom stereocenters. The lowest BCUT2D eigenvalue weighted by Crippen LogP contribution is -2.37. The molecule has 0 spiro atoms. The number of aromatic nitrogens is 2. The van der Waals surface area contributed by atoms with E-state index in [9.17, 15) is 9.90 Å². The Kier molecular flexibility index (Phi) is 7.12. The van der Waals surface area contributed by atoms with Crippen LogP contribution in [0.15, 0.2) is 4.99 Å². The largest absolute Gasteiger partial charge is 0.475 e. The van der Waals surface area contributed by atoms with Crippen molar-refractivity contribution in [1.82, 2.24) is 14.9 Å². The maximum Gasteiger partial charge on any atom is 0.374 e. The summed E-state index contributed by atoms with van der Waals surface area (Å²) in [5.74, 6) is 0.465. The molecule has 0 bridgehead atoms. The third kappa shape index (κ3) is 5.38. The quantitative estimate of drug-likeness (QED) is 0.479. The first-order valence-electron chi connectivity index (χ1n) is 9.51. The first-order chi connectivity index (χ1) is 12.7. The zero-order valence-electron chi connectivity index (χ0n) is 17.1. The first-order valence-corrected chi connectivity index (χ1v) is 9.51. The van der Waals surface area contributed by atoms with E-state index in [1.165, 1.54) is 19.3 Å².